The van der Waals surface area contributed by atoms with Gasteiger partial charge in [0, 0.05) is 13.6 Å². The molecule has 1 aromatic carbocycles. The number of para-hydroxylation sites is 2. The van der Waals surface area contributed by atoms with Crippen LogP contribution in [-0.4, -0.2) is 31.9 Å². The van der Waals surface area contributed by atoms with Crippen LogP contribution in [0.5, 0.6) is 5.75 Å². The van der Waals surface area contributed by atoms with Crippen LogP contribution in [0.4, 0.5) is 5.69 Å². The SMILES string of the molecule is CCOc1ccccc1N(C)CCO. The molecule has 0 aliphatic rings. The van der Waals surface area contributed by atoms with Crippen LogP contribution in [0.2, 0.25) is 0 Å². The van der Waals surface area contributed by atoms with Gasteiger partial charge in [-0.2, -0.15) is 0 Å². The first kappa shape index (κ1) is 10.9. The Morgan fingerprint density at radius 3 is 2.71 bits per heavy atom. The first-order chi connectivity index (χ1) is 6.79. The van der Waals surface area contributed by atoms with E-state index in [1.54, 1.807) is 0 Å². The van der Waals surface area contributed by atoms with E-state index < -0.39 is 0 Å². The largest absolute Gasteiger partial charge is 0.492 e. The Bertz CT molecular complexity index is 276. The van der Waals surface area contributed by atoms with Crippen molar-refractivity contribution in [3.05, 3.63) is 24.3 Å². The molecule has 0 fully saturated rings. The third kappa shape index (κ3) is 2.64. The monoisotopic (exact) mass is 195 g/mol. The molecule has 14 heavy (non-hydrogen) atoms. The number of hydrogen-bond acceptors (Lipinski definition) is 3. The molecule has 1 N–H and O–H groups in total. The van der Waals surface area contributed by atoms with Crippen LogP contribution in [0.15, 0.2) is 24.3 Å². The minimum atomic E-state index is 0.150. The summed E-state index contributed by atoms with van der Waals surface area (Å²) in [5, 5.41) is 8.84. The zero-order valence-corrected chi connectivity index (χ0v) is 8.73. The Morgan fingerprint density at radius 1 is 1.36 bits per heavy atom. The quantitative estimate of drug-likeness (QED) is 0.773. The summed E-state index contributed by atoms with van der Waals surface area (Å²) < 4.78 is 5.48. The number of aliphatic hydroxyl groups is 1. The number of benzene rings is 1. The van der Waals surface area contributed by atoms with Crippen molar-refractivity contribution >= 4 is 5.69 Å². The topological polar surface area (TPSA) is 32.7 Å². The number of likely N-dealkylation sites (N-methyl/N-ethyl adjacent to an activating group) is 1. The molecule has 0 spiro atoms. The minimum Gasteiger partial charge on any atom is -0.492 e. The van der Waals surface area contributed by atoms with Gasteiger partial charge in [-0.05, 0) is 19.1 Å². The van der Waals surface area contributed by atoms with Crippen molar-refractivity contribution in [2.45, 2.75) is 6.92 Å². The highest BCUT2D eigenvalue weighted by Gasteiger charge is 2.06. The highest BCUT2D eigenvalue weighted by atomic mass is 16.5. The van der Waals surface area contributed by atoms with E-state index >= 15 is 0 Å². The van der Waals surface area contributed by atoms with Crippen molar-refractivity contribution in [1.82, 2.24) is 0 Å². The van der Waals surface area contributed by atoms with Gasteiger partial charge in [0.05, 0.1) is 18.9 Å². The van der Waals surface area contributed by atoms with Crippen LogP contribution in [0.3, 0.4) is 0 Å². The predicted octanol–water partition coefficient (Wildman–Crippen LogP) is 1.51. The normalized spacial score (nSPS) is 9.93. The Morgan fingerprint density at radius 2 is 2.07 bits per heavy atom. The zero-order valence-electron chi connectivity index (χ0n) is 8.73. The number of nitrogens with zero attached hydrogens (tertiary/aromatic N) is 1. The first-order valence-corrected chi connectivity index (χ1v) is 4.83. The van der Waals surface area contributed by atoms with Crippen LogP contribution in [-0.2, 0) is 0 Å². The number of rotatable bonds is 5. The maximum Gasteiger partial charge on any atom is 0.142 e. The second-order valence-corrected chi connectivity index (χ2v) is 3.05. The third-order valence-corrected chi connectivity index (χ3v) is 2.01. The van der Waals surface area contributed by atoms with E-state index in [1.807, 2.05) is 43.1 Å². The maximum atomic E-state index is 8.84. The smallest absolute Gasteiger partial charge is 0.142 e. The molecule has 0 saturated carbocycles. The van der Waals surface area contributed by atoms with E-state index in [4.69, 9.17) is 9.84 Å². The molecule has 0 saturated heterocycles. The highest BCUT2D eigenvalue weighted by Crippen LogP contribution is 2.26. The van der Waals surface area contributed by atoms with Crippen molar-refractivity contribution in [2.75, 3.05) is 31.7 Å². The van der Waals surface area contributed by atoms with Crippen LogP contribution >= 0.6 is 0 Å². The van der Waals surface area contributed by atoms with Gasteiger partial charge >= 0.3 is 0 Å². The van der Waals surface area contributed by atoms with Crippen LogP contribution in [0.1, 0.15) is 6.92 Å². The average molecular weight is 195 g/mol. The summed E-state index contributed by atoms with van der Waals surface area (Å²) in [6, 6.07) is 7.83. The van der Waals surface area contributed by atoms with E-state index in [1.165, 1.54) is 0 Å². The van der Waals surface area contributed by atoms with Crippen molar-refractivity contribution in [1.29, 1.82) is 0 Å². The summed E-state index contributed by atoms with van der Waals surface area (Å²) in [5.41, 5.74) is 1.02. The van der Waals surface area contributed by atoms with Gasteiger partial charge in [0.2, 0.25) is 0 Å². The molecule has 1 aromatic rings. The molecule has 0 unspecified atom stereocenters. The summed E-state index contributed by atoms with van der Waals surface area (Å²) in [5.74, 6) is 0.867. The Hall–Kier alpha value is -1.22. The van der Waals surface area contributed by atoms with Crippen LogP contribution in [0, 0.1) is 0 Å². The molecule has 3 nitrogen and oxygen atoms in total. The third-order valence-electron chi connectivity index (χ3n) is 2.01. The molecule has 1 rings (SSSR count). The van der Waals surface area contributed by atoms with Gasteiger partial charge in [0.1, 0.15) is 5.75 Å². The summed E-state index contributed by atoms with van der Waals surface area (Å²) in [6.07, 6.45) is 0. The summed E-state index contributed by atoms with van der Waals surface area (Å²) >= 11 is 0. The molecule has 0 amide bonds. The molecule has 0 aliphatic heterocycles. The average Bonchev–Trinajstić information content (AvgIpc) is 2.19. The first-order valence-electron chi connectivity index (χ1n) is 4.83. The lowest BCUT2D eigenvalue weighted by Crippen LogP contribution is -2.21. The Balaban J connectivity index is 2.82. The zero-order chi connectivity index (χ0) is 10.4. The number of hydrogen-bond donors (Lipinski definition) is 1. The molecule has 0 bridgehead atoms. The van der Waals surface area contributed by atoms with Gasteiger partial charge in [0.25, 0.3) is 0 Å². The van der Waals surface area contributed by atoms with E-state index in [9.17, 15) is 0 Å². The van der Waals surface area contributed by atoms with Crippen molar-refractivity contribution in [3.8, 4) is 5.75 Å². The van der Waals surface area contributed by atoms with Gasteiger partial charge in [-0.1, -0.05) is 12.1 Å². The van der Waals surface area contributed by atoms with Crippen molar-refractivity contribution < 1.29 is 9.84 Å². The predicted molar refractivity (Wildman–Crippen MR) is 58.0 cm³/mol. The summed E-state index contributed by atoms with van der Waals surface area (Å²) in [7, 11) is 1.94. The maximum absolute atomic E-state index is 8.84. The molecule has 0 aromatic heterocycles. The molecule has 3 heteroatoms. The Kier molecular flexibility index (Phi) is 4.26. The minimum absolute atomic E-state index is 0.150. The van der Waals surface area contributed by atoms with E-state index in [2.05, 4.69) is 0 Å². The lowest BCUT2D eigenvalue weighted by atomic mass is 10.2. The lowest BCUT2D eigenvalue weighted by molar-refractivity contribution is 0.302. The van der Waals surface area contributed by atoms with Crippen molar-refractivity contribution in [2.24, 2.45) is 0 Å². The second kappa shape index (κ2) is 5.50. The van der Waals surface area contributed by atoms with Gasteiger partial charge in [-0.3, -0.25) is 0 Å². The second-order valence-electron chi connectivity index (χ2n) is 3.05. The van der Waals surface area contributed by atoms with Crippen LogP contribution in [0.25, 0.3) is 0 Å². The fraction of sp³-hybridized carbons (Fsp3) is 0.455. The van der Waals surface area contributed by atoms with Crippen molar-refractivity contribution in [3.63, 3.8) is 0 Å². The molecule has 0 heterocycles. The molecular weight excluding hydrogens is 178 g/mol. The molecule has 0 aliphatic carbocycles. The molecule has 0 atom stereocenters. The van der Waals surface area contributed by atoms with E-state index in [0.717, 1.165) is 11.4 Å². The number of aliphatic hydroxyl groups excluding tert-OH is 1. The van der Waals surface area contributed by atoms with Gasteiger partial charge in [-0.15, -0.1) is 0 Å². The number of ether oxygens (including phenoxy) is 1. The summed E-state index contributed by atoms with van der Waals surface area (Å²) in [4.78, 5) is 1.98. The molecule has 78 valence electrons. The Labute approximate surface area is 84.9 Å². The van der Waals surface area contributed by atoms with Gasteiger partial charge in [-0.25, -0.2) is 0 Å². The highest BCUT2D eigenvalue weighted by molar-refractivity contribution is 5.57. The summed E-state index contributed by atoms with van der Waals surface area (Å²) in [6.45, 7) is 3.38. The van der Waals surface area contributed by atoms with E-state index in [0.29, 0.717) is 13.2 Å². The van der Waals surface area contributed by atoms with Gasteiger partial charge in [0.15, 0.2) is 0 Å². The fourth-order valence-electron chi connectivity index (χ4n) is 1.32. The molecule has 0 radical (unpaired) electrons. The van der Waals surface area contributed by atoms with Crippen LogP contribution < -0.4 is 9.64 Å². The number of anilines is 1. The standard InChI is InChI=1S/C11H17NO2/c1-3-14-11-7-5-4-6-10(11)12(2)8-9-13/h4-7,13H,3,8-9H2,1-2H3. The lowest BCUT2D eigenvalue weighted by Gasteiger charge is -2.20. The van der Waals surface area contributed by atoms with E-state index in [-0.39, 0.29) is 6.61 Å². The van der Waals surface area contributed by atoms with Gasteiger partial charge < -0.3 is 14.7 Å². The molecular formula is C11H17NO2. The fourth-order valence-corrected chi connectivity index (χ4v) is 1.32.